The van der Waals surface area contributed by atoms with Crippen LogP contribution in [0.4, 0.5) is 0 Å². The molecule has 0 aliphatic heterocycles. The van der Waals surface area contributed by atoms with Gasteiger partial charge in [0.25, 0.3) is 0 Å². The number of aromatic nitrogens is 1. The van der Waals surface area contributed by atoms with Crippen LogP contribution in [0.1, 0.15) is 17.0 Å². The van der Waals surface area contributed by atoms with Crippen molar-refractivity contribution in [2.75, 3.05) is 6.54 Å². The molecule has 26 heavy (non-hydrogen) atoms. The molecule has 0 aliphatic carbocycles. The fourth-order valence-electron chi connectivity index (χ4n) is 3.16. The highest BCUT2D eigenvalue weighted by Crippen LogP contribution is 2.31. The van der Waals surface area contributed by atoms with Crippen molar-refractivity contribution in [1.29, 1.82) is 0 Å². The van der Waals surface area contributed by atoms with Crippen molar-refractivity contribution < 1.29 is 8.42 Å². The molecule has 4 rings (SSSR count). The Bertz CT molecular complexity index is 1100. The molecule has 0 bridgehead atoms. The van der Waals surface area contributed by atoms with E-state index in [1.807, 2.05) is 54.7 Å². The van der Waals surface area contributed by atoms with E-state index >= 15 is 0 Å². The summed E-state index contributed by atoms with van der Waals surface area (Å²) in [5, 5.41) is 2.87. The van der Waals surface area contributed by atoms with Crippen LogP contribution in [-0.2, 0) is 10.0 Å². The van der Waals surface area contributed by atoms with Crippen molar-refractivity contribution in [3.63, 3.8) is 0 Å². The number of benzene rings is 2. The van der Waals surface area contributed by atoms with Crippen molar-refractivity contribution >= 4 is 32.3 Å². The summed E-state index contributed by atoms with van der Waals surface area (Å²) in [5.41, 5.74) is 3.20. The third kappa shape index (κ3) is 3.31. The first-order valence-corrected chi connectivity index (χ1v) is 10.7. The molecular weight excluding hydrogens is 364 g/mol. The Kier molecular flexibility index (Phi) is 4.63. The monoisotopic (exact) mass is 382 g/mol. The van der Waals surface area contributed by atoms with Crippen LogP contribution in [-0.4, -0.2) is 19.9 Å². The van der Waals surface area contributed by atoms with Crippen molar-refractivity contribution in [3.8, 4) is 0 Å². The maximum absolute atomic E-state index is 12.6. The number of hydrogen-bond donors (Lipinski definition) is 2. The van der Waals surface area contributed by atoms with Crippen LogP contribution < -0.4 is 4.72 Å². The summed E-state index contributed by atoms with van der Waals surface area (Å²) in [6.07, 6.45) is 1.97. The molecule has 2 N–H and O–H groups in total. The van der Waals surface area contributed by atoms with Gasteiger partial charge in [0, 0.05) is 29.6 Å². The number of H-pyrrole nitrogens is 1. The van der Waals surface area contributed by atoms with Gasteiger partial charge < -0.3 is 4.98 Å². The van der Waals surface area contributed by atoms with E-state index < -0.39 is 10.0 Å². The normalized spacial score (nSPS) is 13.1. The van der Waals surface area contributed by atoms with Gasteiger partial charge in [-0.3, -0.25) is 0 Å². The quantitative estimate of drug-likeness (QED) is 0.521. The highest BCUT2D eigenvalue weighted by Gasteiger charge is 2.22. The second-order valence-electron chi connectivity index (χ2n) is 6.04. The Morgan fingerprint density at radius 3 is 2.50 bits per heavy atom. The predicted molar refractivity (Wildman–Crippen MR) is 106 cm³/mol. The SMILES string of the molecule is O=S(=O)(NCC(c1ccccc1)c1c[nH]c2ccccc12)c1cccs1. The Hall–Kier alpha value is -2.41. The minimum absolute atomic E-state index is 0.0814. The minimum Gasteiger partial charge on any atom is -0.361 e. The lowest BCUT2D eigenvalue weighted by atomic mass is 9.91. The Balaban J connectivity index is 1.71. The molecule has 2 heterocycles. The highest BCUT2D eigenvalue weighted by molar-refractivity contribution is 7.91. The average Bonchev–Trinajstić information content (AvgIpc) is 3.34. The van der Waals surface area contributed by atoms with Crippen LogP contribution in [0.25, 0.3) is 10.9 Å². The van der Waals surface area contributed by atoms with Crippen LogP contribution in [0.2, 0.25) is 0 Å². The molecule has 1 atom stereocenters. The summed E-state index contributed by atoms with van der Waals surface area (Å²) < 4.78 is 28.2. The average molecular weight is 383 g/mol. The summed E-state index contributed by atoms with van der Waals surface area (Å²) in [7, 11) is -3.51. The first kappa shape index (κ1) is 17.0. The van der Waals surface area contributed by atoms with Gasteiger partial charge in [0.1, 0.15) is 4.21 Å². The third-order valence-corrected chi connectivity index (χ3v) is 7.26. The topological polar surface area (TPSA) is 62.0 Å². The summed E-state index contributed by atoms with van der Waals surface area (Å²) in [6, 6.07) is 21.4. The zero-order valence-electron chi connectivity index (χ0n) is 13.9. The van der Waals surface area contributed by atoms with Gasteiger partial charge in [0.2, 0.25) is 10.0 Å². The van der Waals surface area contributed by atoms with Gasteiger partial charge in [-0.15, -0.1) is 11.3 Å². The number of para-hydroxylation sites is 1. The van der Waals surface area contributed by atoms with Crippen LogP contribution in [0.5, 0.6) is 0 Å². The van der Waals surface area contributed by atoms with E-state index in [9.17, 15) is 8.42 Å². The van der Waals surface area contributed by atoms with E-state index in [2.05, 4.69) is 15.8 Å². The number of thiophene rings is 1. The molecule has 4 nitrogen and oxygen atoms in total. The minimum atomic E-state index is -3.51. The summed E-state index contributed by atoms with van der Waals surface area (Å²) >= 11 is 1.22. The zero-order chi connectivity index (χ0) is 18.0. The molecule has 0 spiro atoms. The largest absolute Gasteiger partial charge is 0.361 e. The van der Waals surface area contributed by atoms with E-state index in [0.29, 0.717) is 10.8 Å². The fraction of sp³-hybridized carbons (Fsp3) is 0.100. The Morgan fingerprint density at radius 2 is 1.73 bits per heavy atom. The lowest BCUT2D eigenvalue weighted by molar-refractivity contribution is 0.580. The summed E-state index contributed by atoms with van der Waals surface area (Å²) in [5.74, 6) is -0.0814. The Labute approximate surface area is 156 Å². The molecule has 2 aromatic carbocycles. The molecule has 2 aromatic heterocycles. The van der Waals surface area contributed by atoms with Gasteiger partial charge in [0.05, 0.1) is 0 Å². The second kappa shape index (κ2) is 7.07. The highest BCUT2D eigenvalue weighted by atomic mass is 32.2. The standard InChI is InChI=1S/C20H18N2O2S2/c23-26(24,20-11-6-12-25-20)22-14-17(15-7-2-1-3-8-15)18-13-21-19-10-5-4-9-16(18)19/h1-13,17,21-22H,14H2. The number of fused-ring (bicyclic) bond motifs is 1. The summed E-state index contributed by atoms with van der Waals surface area (Å²) in [6.45, 7) is 0.298. The van der Waals surface area contributed by atoms with Gasteiger partial charge in [-0.05, 0) is 28.6 Å². The first-order chi connectivity index (χ1) is 12.6. The lowest BCUT2D eigenvalue weighted by Crippen LogP contribution is -2.28. The molecule has 1 unspecified atom stereocenters. The number of hydrogen-bond acceptors (Lipinski definition) is 3. The smallest absolute Gasteiger partial charge is 0.250 e. The van der Waals surface area contributed by atoms with Crippen molar-refractivity contribution in [2.45, 2.75) is 10.1 Å². The lowest BCUT2D eigenvalue weighted by Gasteiger charge is -2.18. The predicted octanol–water partition coefficient (Wildman–Crippen LogP) is 4.34. The fourth-order valence-corrected chi connectivity index (χ4v) is 5.24. The van der Waals surface area contributed by atoms with Gasteiger partial charge >= 0.3 is 0 Å². The number of sulfonamides is 1. The van der Waals surface area contributed by atoms with Gasteiger partial charge in [-0.25, -0.2) is 13.1 Å². The van der Waals surface area contributed by atoms with Crippen LogP contribution in [0, 0.1) is 0 Å². The molecule has 0 amide bonds. The van der Waals surface area contributed by atoms with Crippen LogP contribution >= 0.6 is 11.3 Å². The van der Waals surface area contributed by atoms with Gasteiger partial charge in [-0.2, -0.15) is 0 Å². The molecule has 0 aliphatic rings. The third-order valence-electron chi connectivity index (χ3n) is 4.44. The van der Waals surface area contributed by atoms with E-state index in [4.69, 9.17) is 0 Å². The molecule has 0 fully saturated rings. The maximum atomic E-state index is 12.6. The van der Waals surface area contributed by atoms with E-state index in [-0.39, 0.29) is 5.92 Å². The number of nitrogens with one attached hydrogen (secondary N) is 2. The van der Waals surface area contributed by atoms with E-state index in [0.717, 1.165) is 22.0 Å². The zero-order valence-corrected chi connectivity index (χ0v) is 15.6. The van der Waals surface area contributed by atoms with E-state index in [1.54, 1.807) is 17.5 Å². The molecule has 4 aromatic rings. The van der Waals surface area contributed by atoms with Crippen molar-refractivity contribution in [1.82, 2.24) is 9.71 Å². The van der Waals surface area contributed by atoms with Gasteiger partial charge in [-0.1, -0.05) is 54.6 Å². The number of aromatic amines is 1. The maximum Gasteiger partial charge on any atom is 0.250 e. The van der Waals surface area contributed by atoms with Crippen LogP contribution in [0.3, 0.4) is 0 Å². The number of rotatable bonds is 6. The van der Waals surface area contributed by atoms with Crippen molar-refractivity contribution in [2.24, 2.45) is 0 Å². The molecule has 0 radical (unpaired) electrons. The molecule has 0 saturated heterocycles. The first-order valence-electron chi connectivity index (χ1n) is 8.29. The second-order valence-corrected chi connectivity index (χ2v) is 8.98. The van der Waals surface area contributed by atoms with Crippen molar-refractivity contribution in [3.05, 3.63) is 89.4 Å². The van der Waals surface area contributed by atoms with E-state index in [1.165, 1.54) is 11.3 Å². The Morgan fingerprint density at radius 1 is 0.962 bits per heavy atom. The molecule has 6 heteroatoms. The van der Waals surface area contributed by atoms with Crippen LogP contribution in [0.15, 0.2) is 82.5 Å². The molecular formula is C20H18N2O2S2. The molecule has 0 saturated carbocycles. The summed E-state index contributed by atoms with van der Waals surface area (Å²) in [4.78, 5) is 3.29. The van der Waals surface area contributed by atoms with Gasteiger partial charge in [0.15, 0.2) is 0 Å². The molecule has 132 valence electrons.